The van der Waals surface area contributed by atoms with E-state index in [9.17, 15) is 9.59 Å². The van der Waals surface area contributed by atoms with Gasteiger partial charge in [-0.25, -0.2) is 0 Å². The molecule has 2 aliphatic heterocycles. The smallest absolute Gasteiger partial charge is 0.308 e. The summed E-state index contributed by atoms with van der Waals surface area (Å²) in [7, 11) is 0. The standard InChI is InChI=1S/C19H26N2O3/c22-18-13-16(19(23)24)14-21(18)11-10-20-9-5-4-8-17(20)12-15-6-2-1-3-7-15/h1-3,6-7,16-17H,4-5,8-14H2,(H,23,24). The van der Waals surface area contributed by atoms with E-state index in [0.29, 0.717) is 19.1 Å². The lowest BCUT2D eigenvalue weighted by Crippen LogP contribution is -2.45. The molecule has 0 saturated carbocycles. The van der Waals surface area contributed by atoms with E-state index in [0.717, 1.165) is 19.5 Å². The van der Waals surface area contributed by atoms with Gasteiger partial charge in [-0.3, -0.25) is 14.5 Å². The molecule has 2 atom stereocenters. The van der Waals surface area contributed by atoms with Crippen molar-refractivity contribution in [3.63, 3.8) is 0 Å². The van der Waals surface area contributed by atoms with Crippen LogP contribution in [0.2, 0.25) is 0 Å². The minimum Gasteiger partial charge on any atom is -0.481 e. The Morgan fingerprint density at radius 1 is 1.17 bits per heavy atom. The highest BCUT2D eigenvalue weighted by Crippen LogP contribution is 2.22. The maximum absolute atomic E-state index is 12.0. The quantitative estimate of drug-likeness (QED) is 0.867. The Balaban J connectivity index is 1.54. The number of rotatable bonds is 6. The summed E-state index contributed by atoms with van der Waals surface area (Å²) >= 11 is 0. The Hall–Kier alpha value is -1.88. The summed E-state index contributed by atoms with van der Waals surface area (Å²) in [5, 5.41) is 9.08. The van der Waals surface area contributed by atoms with Crippen molar-refractivity contribution in [1.82, 2.24) is 9.80 Å². The molecule has 1 N–H and O–H groups in total. The van der Waals surface area contributed by atoms with Crippen molar-refractivity contribution in [1.29, 1.82) is 0 Å². The molecular weight excluding hydrogens is 304 g/mol. The third-order valence-electron chi connectivity index (χ3n) is 5.28. The van der Waals surface area contributed by atoms with Gasteiger partial charge in [0.2, 0.25) is 5.91 Å². The molecular formula is C19H26N2O3. The van der Waals surface area contributed by atoms with Gasteiger partial charge in [0.05, 0.1) is 5.92 Å². The topological polar surface area (TPSA) is 60.9 Å². The van der Waals surface area contributed by atoms with E-state index in [1.165, 1.54) is 24.8 Å². The summed E-state index contributed by atoms with van der Waals surface area (Å²) in [6, 6.07) is 11.1. The van der Waals surface area contributed by atoms with Crippen LogP contribution in [0, 0.1) is 5.92 Å². The summed E-state index contributed by atoms with van der Waals surface area (Å²) in [5.74, 6) is -1.40. The molecule has 3 rings (SSSR count). The molecule has 2 heterocycles. The zero-order valence-electron chi connectivity index (χ0n) is 14.1. The highest BCUT2D eigenvalue weighted by molar-refractivity contribution is 5.86. The van der Waals surface area contributed by atoms with Crippen molar-refractivity contribution in [2.24, 2.45) is 5.92 Å². The number of carbonyl (C=O) groups excluding carboxylic acids is 1. The average molecular weight is 330 g/mol. The Morgan fingerprint density at radius 2 is 1.96 bits per heavy atom. The van der Waals surface area contributed by atoms with Crippen LogP contribution in [0.4, 0.5) is 0 Å². The van der Waals surface area contributed by atoms with Gasteiger partial charge in [0.1, 0.15) is 0 Å². The number of hydrogen-bond donors (Lipinski definition) is 1. The van der Waals surface area contributed by atoms with Crippen molar-refractivity contribution in [3.05, 3.63) is 35.9 Å². The van der Waals surface area contributed by atoms with Crippen LogP contribution < -0.4 is 0 Å². The van der Waals surface area contributed by atoms with Gasteiger partial charge in [-0.15, -0.1) is 0 Å². The van der Waals surface area contributed by atoms with Crippen LogP contribution >= 0.6 is 0 Å². The second-order valence-electron chi connectivity index (χ2n) is 6.95. The minimum absolute atomic E-state index is 0.0148. The summed E-state index contributed by atoms with van der Waals surface area (Å²) < 4.78 is 0. The number of likely N-dealkylation sites (tertiary alicyclic amines) is 2. The van der Waals surface area contributed by atoms with Gasteiger partial charge in [0.25, 0.3) is 0 Å². The van der Waals surface area contributed by atoms with E-state index in [-0.39, 0.29) is 12.3 Å². The third kappa shape index (κ3) is 4.15. The highest BCUT2D eigenvalue weighted by Gasteiger charge is 2.34. The van der Waals surface area contributed by atoms with E-state index in [2.05, 4.69) is 29.2 Å². The van der Waals surface area contributed by atoms with Crippen molar-refractivity contribution in [2.45, 2.75) is 38.1 Å². The first-order valence-electron chi connectivity index (χ1n) is 8.92. The van der Waals surface area contributed by atoms with Crippen molar-refractivity contribution in [3.8, 4) is 0 Å². The Kier molecular flexibility index (Phi) is 5.51. The lowest BCUT2D eigenvalue weighted by Gasteiger charge is -2.36. The molecule has 24 heavy (non-hydrogen) atoms. The summed E-state index contributed by atoms with van der Waals surface area (Å²) in [4.78, 5) is 27.3. The fraction of sp³-hybridized carbons (Fsp3) is 0.579. The van der Waals surface area contributed by atoms with Gasteiger partial charge < -0.3 is 10.0 Å². The van der Waals surface area contributed by atoms with Crippen LogP contribution in [0.15, 0.2) is 30.3 Å². The van der Waals surface area contributed by atoms with Crippen LogP contribution in [0.25, 0.3) is 0 Å². The zero-order valence-corrected chi connectivity index (χ0v) is 14.1. The molecule has 130 valence electrons. The summed E-state index contributed by atoms with van der Waals surface area (Å²) in [5.41, 5.74) is 1.36. The van der Waals surface area contributed by atoms with E-state index >= 15 is 0 Å². The van der Waals surface area contributed by atoms with E-state index in [1.807, 2.05) is 6.07 Å². The predicted molar refractivity (Wildman–Crippen MR) is 91.7 cm³/mol. The number of benzene rings is 1. The molecule has 0 spiro atoms. The van der Waals surface area contributed by atoms with Gasteiger partial charge >= 0.3 is 5.97 Å². The Labute approximate surface area is 143 Å². The second-order valence-corrected chi connectivity index (χ2v) is 6.95. The SMILES string of the molecule is O=C(O)C1CC(=O)N(CCN2CCCCC2Cc2ccccc2)C1. The fourth-order valence-electron chi connectivity index (χ4n) is 3.87. The number of aliphatic carboxylic acids is 1. The van der Waals surface area contributed by atoms with E-state index in [1.54, 1.807) is 4.90 Å². The highest BCUT2D eigenvalue weighted by atomic mass is 16.4. The molecule has 1 aromatic carbocycles. The molecule has 5 nitrogen and oxygen atoms in total. The van der Waals surface area contributed by atoms with Crippen LogP contribution in [-0.2, 0) is 16.0 Å². The molecule has 1 amide bonds. The zero-order chi connectivity index (χ0) is 16.9. The molecule has 5 heteroatoms. The number of carboxylic acids is 1. The Morgan fingerprint density at radius 3 is 2.67 bits per heavy atom. The minimum atomic E-state index is -0.856. The molecule has 0 aliphatic carbocycles. The molecule has 2 unspecified atom stereocenters. The van der Waals surface area contributed by atoms with Gasteiger partial charge in [0, 0.05) is 32.1 Å². The first-order chi connectivity index (χ1) is 11.6. The number of amides is 1. The van der Waals surface area contributed by atoms with Crippen LogP contribution in [-0.4, -0.2) is 59.0 Å². The maximum atomic E-state index is 12.0. The first kappa shape index (κ1) is 17.0. The molecule has 0 aromatic heterocycles. The predicted octanol–water partition coefficient (Wildman–Crippen LogP) is 2.02. The first-order valence-corrected chi connectivity index (χ1v) is 8.92. The van der Waals surface area contributed by atoms with Crippen molar-refractivity contribution >= 4 is 11.9 Å². The summed E-state index contributed by atoms with van der Waals surface area (Å²) in [6.07, 6.45) is 4.87. The number of carbonyl (C=O) groups is 2. The normalized spacial score (nSPS) is 25.2. The van der Waals surface area contributed by atoms with E-state index < -0.39 is 11.9 Å². The summed E-state index contributed by atoms with van der Waals surface area (Å²) in [6.45, 7) is 2.93. The molecule has 2 fully saturated rings. The average Bonchev–Trinajstić information content (AvgIpc) is 2.96. The largest absolute Gasteiger partial charge is 0.481 e. The van der Waals surface area contributed by atoms with Gasteiger partial charge in [-0.2, -0.15) is 0 Å². The van der Waals surface area contributed by atoms with E-state index in [4.69, 9.17) is 5.11 Å². The van der Waals surface area contributed by atoms with Crippen molar-refractivity contribution < 1.29 is 14.7 Å². The molecule has 0 radical (unpaired) electrons. The molecule has 0 bridgehead atoms. The molecule has 1 aromatic rings. The molecule has 2 saturated heterocycles. The Bertz CT molecular complexity index is 575. The van der Waals surface area contributed by atoms with Crippen LogP contribution in [0.5, 0.6) is 0 Å². The number of hydrogen-bond acceptors (Lipinski definition) is 3. The van der Waals surface area contributed by atoms with Gasteiger partial charge in [-0.1, -0.05) is 36.8 Å². The number of nitrogens with zero attached hydrogens (tertiary/aromatic N) is 2. The van der Waals surface area contributed by atoms with Gasteiger partial charge in [0.15, 0.2) is 0 Å². The monoisotopic (exact) mass is 330 g/mol. The number of piperidine rings is 1. The van der Waals surface area contributed by atoms with Gasteiger partial charge in [-0.05, 0) is 31.4 Å². The number of carboxylic acid groups (broad SMARTS) is 1. The van der Waals surface area contributed by atoms with Crippen LogP contribution in [0.1, 0.15) is 31.2 Å². The fourth-order valence-corrected chi connectivity index (χ4v) is 3.87. The lowest BCUT2D eigenvalue weighted by atomic mass is 9.95. The third-order valence-corrected chi connectivity index (χ3v) is 5.28. The maximum Gasteiger partial charge on any atom is 0.308 e. The van der Waals surface area contributed by atoms with Crippen LogP contribution in [0.3, 0.4) is 0 Å². The van der Waals surface area contributed by atoms with Crippen molar-refractivity contribution in [2.75, 3.05) is 26.2 Å². The second kappa shape index (κ2) is 7.79. The lowest BCUT2D eigenvalue weighted by molar-refractivity contribution is -0.141. The molecule has 2 aliphatic rings.